The minimum atomic E-state index is -1.02. The van der Waals surface area contributed by atoms with Gasteiger partial charge in [0.05, 0.1) is 13.2 Å². The van der Waals surface area contributed by atoms with Crippen molar-refractivity contribution in [3.8, 4) is 0 Å². The fourth-order valence-corrected chi connectivity index (χ4v) is 4.25. The third-order valence-electron chi connectivity index (χ3n) is 5.90. The van der Waals surface area contributed by atoms with Crippen LogP contribution in [0.1, 0.15) is 29.8 Å². The van der Waals surface area contributed by atoms with Crippen molar-refractivity contribution < 1.29 is 14.3 Å². The van der Waals surface area contributed by atoms with Gasteiger partial charge in [-0.3, -0.25) is 14.6 Å². The molecule has 2 amide bonds. The van der Waals surface area contributed by atoms with Crippen molar-refractivity contribution in [2.75, 3.05) is 26.3 Å². The van der Waals surface area contributed by atoms with E-state index in [9.17, 15) is 9.59 Å². The number of nitrogens with zero attached hydrogens (tertiary/aromatic N) is 2. The number of nitrogens with one attached hydrogen (secondary N) is 1. The van der Waals surface area contributed by atoms with Gasteiger partial charge in [0.1, 0.15) is 5.54 Å². The molecule has 2 aromatic carbocycles. The first-order chi connectivity index (χ1) is 15.4. The molecule has 6 heteroatoms. The van der Waals surface area contributed by atoms with Gasteiger partial charge in [0.25, 0.3) is 5.91 Å². The summed E-state index contributed by atoms with van der Waals surface area (Å²) in [6, 6.07) is 17.2. The molecule has 2 heterocycles. The lowest BCUT2D eigenvalue weighted by Crippen LogP contribution is -2.56. The highest BCUT2D eigenvalue weighted by molar-refractivity contribution is 5.98. The second-order valence-corrected chi connectivity index (χ2v) is 8.86. The van der Waals surface area contributed by atoms with Crippen LogP contribution in [-0.2, 0) is 16.0 Å². The van der Waals surface area contributed by atoms with Crippen LogP contribution in [0.15, 0.2) is 67.0 Å². The van der Waals surface area contributed by atoms with E-state index in [1.54, 1.807) is 32.2 Å². The molecule has 1 saturated heterocycles. The SMILES string of the molecule is CC(C)(NC(=O)c1ccccc1)C(=O)N1CCOC[C@@H](Cc2cccc3ccncc23)C1. The Balaban J connectivity index is 1.47. The van der Waals surface area contributed by atoms with Crippen LogP contribution < -0.4 is 5.32 Å². The molecule has 1 aliphatic rings. The number of ether oxygens (including phenoxy) is 1. The summed E-state index contributed by atoms with van der Waals surface area (Å²) in [5, 5.41) is 5.19. The monoisotopic (exact) mass is 431 g/mol. The molecule has 0 saturated carbocycles. The Hall–Kier alpha value is -3.25. The van der Waals surface area contributed by atoms with Crippen LogP contribution in [-0.4, -0.2) is 53.5 Å². The normalized spacial score (nSPS) is 17.1. The molecular weight excluding hydrogens is 402 g/mol. The van der Waals surface area contributed by atoms with E-state index in [-0.39, 0.29) is 17.7 Å². The van der Waals surface area contributed by atoms with Crippen LogP contribution in [0.4, 0.5) is 0 Å². The van der Waals surface area contributed by atoms with E-state index in [1.165, 1.54) is 5.56 Å². The lowest BCUT2D eigenvalue weighted by atomic mass is 9.95. The Morgan fingerprint density at radius 3 is 2.75 bits per heavy atom. The van der Waals surface area contributed by atoms with Crippen LogP contribution in [0.25, 0.3) is 10.8 Å². The van der Waals surface area contributed by atoms with Crippen molar-refractivity contribution in [2.45, 2.75) is 25.8 Å². The van der Waals surface area contributed by atoms with Gasteiger partial charge in [0.15, 0.2) is 0 Å². The summed E-state index contributed by atoms with van der Waals surface area (Å²) in [5.41, 5.74) is 0.718. The number of pyridine rings is 1. The van der Waals surface area contributed by atoms with E-state index in [0.29, 0.717) is 31.9 Å². The predicted octanol–water partition coefficient (Wildman–Crippen LogP) is 3.46. The zero-order chi connectivity index (χ0) is 22.6. The number of hydrogen-bond acceptors (Lipinski definition) is 4. The summed E-state index contributed by atoms with van der Waals surface area (Å²) in [4.78, 5) is 32.1. The number of carbonyl (C=O) groups is 2. The van der Waals surface area contributed by atoms with Gasteiger partial charge in [-0.05, 0) is 49.4 Å². The Morgan fingerprint density at radius 2 is 1.94 bits per heavy atom. The van der Waals surface area contributed by atoms with Gasteiger partial charge in [-0.1, -0.05) is 36.4 Å². The van der Waals surface area contributed by atoms with Crippen LogP contribution in [0, 0.1) is 5.92 Å². The van der Waals surface area contributed by atoms with Gasteiger partial charge in [-0.25, -0.2) is 0 Å². The summed E-state index contributed by atoms with van der Waals surface area (Å²) < 4.78 is 5.84. The van der Waals surface area contributed by atoms with Crippen molar-refractivity contribution >= 4 is 22.6 Å². The maximum absolute atomic E-state index is 13.4. The van der Waals surface area contributed by atoms with Crippen molar-refractivity contribution in [1.29, 1.82) is 0 Å². The van der Waals surface area contributed by atoms with Gasteiger partial charge in [-0.15, -0.1) is 0 Å². The highest BCUT2D eigenvalue weighted by Gasteiger charge is 2.35. The average molecular weight is 432 g/mol. The Bertz CT molecular complexity index is 1090. The molecule has 0 unspecified atom stereocenters. The molecule has 6 nitrogen and oxygen atoms in total. The van der Waals surface area contributed by atoms with E-state index < -0.39 is 5.54 Å². The van der Waals surface area contributed by atoms with Gasteiger partial charge >= 0.3 is 0 Å². The molecule has 4 rings (SSSR count). The van der Waals surface area contributed by atoms with Crippen LogP contribution >= 0.6 is 0 Å². The number of benzene rings is 2. The molecule has 0 radical (unpaired) electrons. The van der Waals surface area contributed by atoms with Crippen molar-refractivity contribution in [3.05, 3.63) is 78.1 Å². The van der Waals surface area contributed by atoms with Gasteiger partial charge in [0.2, 0.25) is 5.91 Å². The molecule has 3 aromatic rings. The van der Waals surface area contributed by atoms with E-state index in [0.717, 1.165) is 17.2 Å². The summed E-state index contributed by atoms with van der Waals surface area (Å²) in [5.74, 6) is -0.195. The number of carbonyl (C=O) groups excluding carboxylic acids is 2. The number of hydrogen-bond donors (Lipinski definition) is 1. The largest absolute Gasteiger partial charge is 0.379 e. The topological polar surface area (TPSA) is 71.5 Å². The zero-order valence-corrected chi connectivity index (χ0v) is 18.6. The maximum atomic E-state index is 13.4. The predicted molar refractivity (Wildman–Crippen MR) is 124 cm³/mol. The Kier molecular flexibility index (Phi) is 6.51. The quantitative estimate of drug-likeness (QED) is 0.672. The van der Waals surface area contributed by atoms with Crippen molar-refractivity contribution in [2.24, 2.45) is 5.92 Å². The molecular formula is C26H29N3O3. The number of rotatable bonds is 5. The highest BCUT2D eigenvalue weighted by atomic mass is 16.5. The third kappa shape index (κ3) is 4.97. The van der Waals surface area contributed by atoms with Crippen LogP contribution in [0.3, 0.4) is 0 Å². The van der Waals surface area contributed by atoms with Gasteiger partial charge < -0.3 is 15.0 Å². The van der Waals surface area contributed by atoms with Crippen LogP contribution in [0.2, 0.25) is 0 Å². The fraction of sp³-hybridized carbons (Fsp3) is 0.346. The molecule has 32 heavy (non-hydrogen) atoms. The molecule has 1 aliphatic heterocycles. The molecule has 1 aromatic heterocycles. The van der Waals surface area contributed by atoms with E-state index in [1.807, 2.05) is 35.4 Å². The van der Waals surface area contributed by atoms with E-state index >= 15 is 0 Å². The van der Waals surface area contributed by atoms with E-state index in [4.69, 9.17) is 4.74 Å². The first-order valence-electron chi connectivity index (χ1n) is 11.0. The first kappa shape index (κ1) is 22.0. The fourth-order valence-electron chi connectivity index (χ4n) is 4.25. The Labute approximate surface area is 188 Å². The molecule has 1 fully saturated rings. The van der Waals surface area contributed by atoms with Crippen LogP contribution in [0.5, 0.6) is 0 Å². The lowest BCUT2D eigenvalue weighted by Gasteiger charge is -2.33. The summed E-state index contributed by atoms with van der Waals surface area (Å²) in [7, 11) is 0. The minimum Gasteiger partial charge on any atom is -0.379 e. The summed E-state index contributed by atoms with van der Waals surface area (Å²) in [6.45, 7) is 5.69. The zero-order valence-electron chi connectivity index (χ0n) is 18.6. The number of fused-ring (bicyclic) bond motifs is 1. The third-order valence-corrected chi connectivity index (χ3v) is 5.90. The smallest absolute Gasteiger partial charge is 0.252 e. The Morgan fingerprint density at radius 1 is 1.12 bits per heavy atom. The number of amides is 2. The van der Waals surface area contributed by atoms with Crippen molar-refractivity contribution in [1.82, 2.24) is 15.2 Å². The van der Waals surface area contributed by atoms with E-state index in [2.05, 4.69) is 28.5 Å². The molecule has 0 bridgehead atoms. The second kappa shape index (κ2) is 9.49. The maximum Gasteiger partial charge on any atom is 0.252 e. The molecule has 0 spiro atoms. The lowest BCUT2D eigenvalue weighted by molar-refractivity contribution is -0.137. The number of aromatic nitrogens is 1. The molecule has 166 valence electrons. The molecule has 1 atom stereocenters. The highest BCUT2D eigenvalue weighted by Crippen LogP contribution is 2.23. The molecule has 1 N–H and O–H groups in total. The first-order valence-corrected chi connectivity index (χ1v) is 11.0. The summed E-state index contributed by atoms with van der Waals surface area (Å²) in [6.07, 6.45) is 4.49. The van der Waals surface area contributed by atoms with Gasteiger partial charge in [-0.2, -0.15) is 0 Å². The van der Waals surface area contributed by atoms with Gasteiger partial charge in [0, 0.05) is 42.4 Å². The average Bonchev–Trinajstić information content (AvgIpc) is 3.04. The van der Waals surface area contributed by atoms with Crippen molar-refractivity contribution in [3.63, 3.8) is 0 Å². The molecule has 0 aliphatic carbocycles. The minimum absolute atomic E-state index is 0.100. The summed E-state index contributed by atoms with van der Waals surface area (Å²) >= 11 is 0. The standard InChI is InChI=1S/C26H29N3O3/c1-26(2,28-24(30)21-7-4-3-5-8-21)25(31)29-13-14-32-18-19(17-29)15-22-10-6-9-20-11-12-27-16-23(20)22/h3-12,16,19H,13-15,17-18H2,1-2H3,(H,28,30)/t19-/m0/s1. The second-order valence-electron chi connectivity index (χ2n) is 8.86.